The smallest absolute Gasteiger partial charge is 0.377 e. The molecular formula is C10H10BrF3N2O2. The van der Waals surface area contributed by atoms with Crippen LogP contribution in [0.2, 0.25) is 0 Å². The number of nitro benzene ring substituents is 1. The second-order valence-electron chi connectivity index (χ2n) is 3.78. The van der Waals surface area contributed by atoms with Gasteiger partial charge in [-0.25, -0.2) is 0 Å². The van der Waals surface area contributed by atoms with Gasteiger partial charge in [0.15, 0.2) is 0 Å². The SMILES string of the molecule is CC(CC(F)(F)F)Nc1ccc(Br)cc1[N+](=O)[O-]. The van der Waals surface area contributed by atoms with Crippen molar-refractivity contribution < 1.29 is 18.1 Å². The van der Waals surface area contributed by atoms with Gasteiger partial charge < -0.3 is 5.32 Å². The summed E-state index contributed by atoms with van der Waals surface area (Å²) in [6.07, 6.45) is -5.36. The summed E-state index contributed by atoms with van der Waals surface area (Å²) in [5.41, 5.74) is -0.196. The molecule has 1 atom stereocenters. The molecule has 1 aromatic carbocycles. The van der Waals surface area contributed by atoms with Gasteiger partial charge in [0.05, 0.1) is 11.3 Å². The molecule has 1 N–H and O–H groups in total. The molecule has 1 unspecified atom stereocenters. The van der Waals surface area contributed by atoms with Crippen molar-refractivity contribution in [2.45, 2.75) is 25.6 Å². The van der Waals surface area contributed by atoms with Gasteiger partial charge >= 0.3 is 6.18 Å². The van der Waals surface area contributed by atoms with Gasteiger partial charge in [0.25, 0.3) is 5.69 Å². The lowest BCUT2D eigenvalue weighted by molar-refractivity contribution is -0.384. The summed E-state index contributed by atoms with van der Waals surface area (Å²) in [7, 11) is 0. The third kappa shape index (κ3) is 4.52. The summed E-state index contributed by atoms with van der Waals surface area (Å²) in [5.74, 6) is 0. The molecule has 0 saturated heterocycles. The molecule has 0 amide bonds. The quantitative estimate of drug-likeness (QED) is 0.669. The third-order valence-corrected chi connectivity index (χ3v) is 2.59. The molecule has 8 heteroatoms. The molecule has 0 saturated carbocycles. The minimum absolute atomic E-state index is 0.0694. The molecule has 1 rings (SSSR count). The number of alkyl halides is 3. The Bertz CT molecular complexity index is 451. The Morgan fingerprint density at radius 1 is 1.50 bits per heavy atom. The molecule has 0 radical (unpaired) electrons. The van der Waals surface area contributed by atoms with Crippen LogP contribution in [-0.2, 0) is 0 Å². The second-order valence-corrected chi connectivity index (χ2v) is 4.70. The summed E-state index contributed by atoms with van der Waals surface area (Å²) in [6, 6.07) is 3.19. The minimum Gasteiger partial charge on any atom is -0.377 e. The molecule has 18 heavy (non-hydrogen) atoms. The number of hydrogen-bond donors (Lipinski definition) is 1. The Morgan fingerprint density at radius 3 is 2.61 bits per heavy atom. The van der Waals surface area contributed by atoms with Crippen LogP contribution >= 0.6 is 15.9 Å². The summed E-state index contributed by atoms with van der Waals surface area (Å²) in [4.78, 5) is 10.1. The van der Waals surface area contributed by atoms with Crippen molar-refractivity contribution in [3.05, 3.63) is 32.8 Å². The first-order chi connectivity index (χ1) is 8.19. The van der Waals surface area contributed by atoms with Crippen LogP contribution in [0.4, 0.5) is 24.5 Å². The number of rotatable bonds is 4. The summed E-state index contributed by atoms with van der Waals surface area (Å²) < 4.78 is 36.9. The van der Waals surface area contributed by atoms with Gasteiger partial charge in [0.2, 0.25) is 0 Å². The molecule has 0 aliphatic carbocycles. The van der Waals surface area contributed by atoms with E-state index in [1.54, 1.807) is 0 Å². The van der Waals surface area contributed by atoms with Crippen molar-refractivity contribution in [2.24, 2.45) is 0 Å². The number of hydrogen-bond acceptors (Lipinski definition) is 3. The highest BCUT2D eigenvalue weighted by Crippen LogP contribution is 2.30. The first kappa shape index (κ1) is 14.7. The van der Waals surface area contributed by atoms with Crippen LogP contribution in [0.15, 0.2) is 22.7 Å². The molecule has 0 aliphatic heterocycles. The molecule has 0 bridgehead atoms. The number of nitro groups is 1. The van der Waals surface area contributed by atoms with Gasteiger partial charge in [-0.1, -0.05) is 15.9 Å². The van der Waals surface area contributed by atoms with E-state index in [4.69, 9.17) is 0 Å². The number of benzene rings is 1. The predicted octanol–water partition coefficient (Wildman–Crippen LogP) is 4.11. The zero-order valence-electron chi connectivity index (χ0n) is 9.29. The highest BCUT2D eigenvalue weighted by molar-refractivity contribution is 9.10. The Hall–Kier alpha value is -1.31. The number of nitrogens with one attached hydrogen (secondary N) is 1. The molecule has 0 aliphatic rings. The van der Waals surface area contributed by atoms with Crippen LogP contribution in [0.3, 0.4) is 0 Å². The zero-order valence-corrected chi connectivity index (χ0v) is 10.9. The van der Waals surface area contributed by atoms with Gasteiger partial charge in [-0.15, -0.1) is 0 Å². The van der Waals surface area contributed by atoms with E-state index in [2.05, 4.69) is 21.2 Å². The highest BCUT2D eigenvalue weighted by Gasteiger charge is 2.30. The second kappa shape index (κ2) is 5.55. The van der Waals surface area contributed by atoms with Crippen molar-refractivity contribution in [3.63, 3.8) is 0 Å². The van der Waals surface area contributed by atoms with Gasteiger partial charge in [-0.3, -0.25) is 10.1 Å². The van der Waals surface area contributed by atoms with Crippen molar-refractivity contribution in [3.8, 4) is 0 Å². The molecule has 0 aromatic heterocycles. The molecule has 0 heterocycles. The van der Waals surface area contributed by atoms with Crippen LogP contribution in [0.25, 0.3) is 0 Å². The Morgan fingerprint density at radius 2 is 2.11 bits per heavy atom. The van der Waals surface area contributed by atoms with Crippen molar-refractivity contribution in [1.82, 2.24) is 0 Å². The minimum atomic E-state index is -4.31. The maximum Gasteiger partial charge on any atom is 0.391 e. The lowest BCUT2D eigenvalue weighted by Crippen LogP contribution is -2.24. The Balaban J connectivity index is 2.87. The van der Waals surface area contributed by atoms with Crippen LogP contribution in [0.5, 0.6) is 0 Å². The summed E-state index contributed by atoms with van der Waals surface area (Å²) in [6.45, 7) is 1.32. The largest absolute Gasteiger partial charge is 0.391 e. The standard InChI is InChI=1S/C10H10BrF3N2O2/c1-6(5-10(12,13)14)15-8-3-2-7(11)4-9(8)16(17)18/h2-4,6,15H,5H2,1H3. The van der Waals surface area contributed by atoms with E-state index in [-0.39, 0.29) is 11.4 Å². The monoisotopic (exact) mass is 326 g/mol. The lowest BCUT2D eigenvalue weighted by atomic mass is 10.2. The Kier molecular flexibility index (Phi) is 4.55. The van der Waals surface area contributed by atoms with Gasteiger partial charge in [0.1, 0.15) is 5.69 Å². The van der Waals surface area contributed by atoms with E-state index < -0.39 is 23.6 Å². The first-order valence-electron chi connectivity index (χ1n) is 4.96. The summed E-state index contributed by atoms with van der Waals surface area (Å²) in [5, 5.41) is 13.3. The van der Waals surface area contributed by atoms with Gasteiger partial charge in [-0.05, 0) is 19.1 Å². The number of halogens is 4. The maximum atomic E-state index is 12.2. The fraction of sp³-hybridized carbons (Fsp3) is 0.400. The average molecular weight is 327 g/mol. The van der Waals surface area contributed by atoms with Crippen molar-refractivity contribution in [2.75, 3.05) is 5.32 Å². The van der Waals surface area contributed by atoms with E-state index in [0.717, 1.165) is 0 Å². The highest BCUT2D eigenvalue weighted by atomic mass is 79.9. The third-order valence-electron chi connectivity index (χ3n) is 2.10. The summed E-state index contributed by atoms with van der Waals surface area (Å²) >= 11 is 3.07. The van der Waals surface area contributed by atoms with E-state index in [0.29, 0.717) is 4.47 Å². The van der Waals surface area contributed by atoms with E-state index >= 15 is 0 Å². The lowest BCUT2D eigenvalue weighted by Gasteiger charge is -2.17. The van der Waals surface area contributed by atoms with E-state index in [1.165, 1.54) is 25.1 Å². The van der Waals surface area contributed by atoms with E-state index in [9.17, 15) is 23.3 Å². The maximum absolute atomic E-state index is 12.2. The topological polar surface area (TPSA) is 55.2 Å². The normalized spacial score (nSPS) is 13.2. The van der Waals surface area contributed by atoms with Gasteiger partial charge in [-0.2, -0.15) is 13.2 Å². The zero-order chi connectivity index (χ0) is 13.9. The van der Waals surface area contributed by atoms with Crippen LogP contribution in [0.1, 0.15) is 13.3 Å². The van der Waals surface area contributed by atoms with Crippen LogP contribution in [0, 0.1) is 10.1 Å². The van der Waals surface area contributed by atoms with E-state index in [1.807, 2.05) is 0 Å². The molecule has 100 valence electrons. The van der Waals surface area contributed by atoms with Crippen LogP contribution < -0.4 is 5.32 Å². The number of nitrogens with zero attached hydrogens (tertiary/aromatic N) is 1. The molecule has 1 aromatic rings. The molecule has 4 nitrogen and oxygen atoms in total. The molecule has 0 spiro atoms. The molecular weight excluding hydrogens is 317 g/mol. The number of anilines is 1. The fourth-order valence-corrected chi connectivity index (χ4v) is 1.79. The fourth-order valence-electron chi connectivity index (χ4n) is 1.44. The average Bonchev–Trinajstić information content (AvgIpc) is 2.17. The van der Waals surface area contributed by atoms with Crippen molar-refractivity contribution >= 4 is 27.3 Å². The van der Waals surface area contributed by atoms with Crippen LogP contribution in [-0.4, -0.2) is 17.1 Å². The first-order valence-corrected chi connectivity index (χ1v) is 5.75. The van der Waals surface area contributed by atoms with Gasteiger partial charge in [0, 0.05) is 16.6 Å². The molecule has 0 fully saturated rings. The Labute approximate surface area is 109 Å². The van der Waals surface area contributed by atoms with Crippen molar-refractivity contribution in [1.29, 1.82) is 0 Å². The predicted molar refractivity (Wildman–Crippen MR) is 64.6 cm³/mol.